The first kappa shape index (κ1) is 19.4. The molecule has 4 N–H and O–H groups in total. The van der Waals surface area contributed by atoms with Crippen LogP contribution in [0.25, 0.3) is 0 Å². The zero-order valence-corrected chi connectivity index (χ0v) is 15.8. The summed E-state index contributed by atoms with van der Waals surface area (Å²) in [5.41, 5.74) is 12.3. The maximum absolute atomic E-state index is 7.73. The molecule has 0 heterocycles. The number of anilines is 2. The summed E-state index contributed by atoms with van der Waals surface area (Å²) in [6.07, 6.45) is 6.65. The summed E-state index contributed by atoms with van der Waals surface area (Å²) in [5, 5.41) is 11.2. The first-order valence-electron chi connectivity index (χ1n) is 8.99. The Kier molecular flexibility index (Phi) is 7.15. The Morgan fingerprint density at radius 1 is 1.08 bits per heavy atom. The number of allylic oxidation sites excluding steroid dienone is 1. The molecule has 0 aliphatic rings. The van der Waals surface area contributed by atoms with Crippen LogP contribution in [0, 0.1) is 5.41 Å². The zero-order valence-electron chi connectivity index (χ0n) is 15.8. The fraction of sp³-hybridized carbons (Fsp3) is 0.273. The summed E-state index contributed by atoms with van der Waals surface area (Å²) in [4.78, 5) is 4.02. The number of nitrogens with two attached hydrogens (primary N) is 1. The van der Waals surface area contributed by atoms with Crippen LogP contribution < -0.4 is 11.1 Å². The number of hydrogen-bond donors (Lipinski definition) is 3. The van der Waals surface area contributed by atoms with Gasteiger partial charge in [0, 0.05) is 36.8 Å². The second kappa shape index (κ2) is 9.56. The van der Waals surface area contributed by atoms with E-state index in [1.54, 1.807) is 13.3 Å². The maximum atomic E-state index is 7.73. The van der Waals surface area contributed by atoms with Crippen molar-refractivity contribution in [3.63, 3.8) is 0 Å². The van der Waals surface area contributed by atoms with Crippen LogP contribution in [0.5, 0.6) is 0 Å². The van der Waals surface area contributed by atoms with Crippen molar-refractivity contribution in [2.75, 3.05) is 12.4 Å². The van der Waals surface area contributed by atoms with Crippen LogP contribution >= 0.6 is 0 Å². The quantitative estimate of drug-likeness (QED) is 0.598. The van der Waals surface area contributed by atoms with E-state index in [2.05, 4.69) is 42.4 Å². The van der Waals surface area contributed by atoms with E-state index in [9.17, 15) is 0 Å². The van der Waals surface area contributed by atoms with E-state index in [1.165, 1.54) is 23.5 Å². The molecule has 2 rings (SSSR count). The lowest BCUT2D eigenvalue weighted by Gasteiger charge is -2.15. The summed E-state index contributed by atoms with van der Waals surface area (Å²) in [7, 11) is 1.70. The van der Waals surface area contributed by atoms with Crippen molar-refractivity contribution < 1.29 is 0 Å². The number of rotatable bonds is 8. The van der Waals surface area contributed by atoms with Crippen LogP contribution in [0.15, 0.2) is 59.2 Å². The molecular weight excluding hydrogens is 320 g/mol. The second-order valence-electron chi connectivity index (χ2n) is 6.19. The van der Waals surface area contributed by atoms with Crippen LogP contribution in [-0.2, 0) is 12.8 Å². The number of aliphatic imine (C=N–C) groups is 1. The summed E-state index contributed by atoms with van der Waals surface area (Å²) < 4.78 is 0. The van der Waals surface area contributed by atoms with Crippen LogP contribution in [0.4, 0.5) is 11.4 Å². The highest BCUT2D eigenvalue weighted by Crippen LogP contribution is 2.25. The van der Waals surface area contributed by atoms with Gasteiger partial charge in [-0.05, 0) is 65.6 Å². The van der Waals surface area contributed by atoms with E-state index in [-0.39, 0.29) is 5.92 Å². The van der Waals surface area contributed by atoms with E-state index in [4.69, 9.17) is 11.1 Å². The molecule has 2 aromatic rings. The monoisotopic (exact) mass is 348 g/mol. The highest BCUT2D eigenvalue weighted by atomic mass is 14.9. The number of nitrogens with zero attached hydrogens (tertiary/aromatic N) is 1. The molecule has 136 valence electrons. The standard InChI is InChI=1S/C22H28N4/c1-4-16-10-17(5-2)12-21(11-16)26-20-8-6-18(7-9-20)22(14-24)19(13-23)15-25-3/h6-15,22,24,26H,4-5,23H2,1-3H3. The SMILES string of the molecule is CCc1cc(CC)cc(Nc2ccc(C(C=N)C(C=NC)=CN)cc2)c1. The Morgan fingerprint density at radius 3 is 2.15 bits per heavy atom. The molecule has 26 heavy (non-hydrogen) atoms. The van der Waals surface area contributed by atoms with Gasteiger partial charge in [-0.25, -0.2) is 0 Å². The Labute approximate surface area is 156 Å². The molecule has 0 amide bonds. The minimum atomic E-state index is -0.187. The first-order valence-corrected chi connectivity index (χ1v) is 8.99. The van der Waals surface area contributed by atoms with Gasteiger partial charge in [-0.15, -0.1) is 0 Å². The van der Waals surface area contributed by atoms with E-state index in [0.29, 0.717) is 0 Å². The third-order valence-corrected chi connectivity index (χ3v) is 4.42. The number of aryl methyl sites for hydroxylation is 2. The van der Waals surface area contributed by atoms with E-state index in [0.717, 1.165) is 35.4 Å². The van der Waals surface area contributed by atoms with Gasteiger partial charge >= 0.3 is 0 Å². The van der Waals surface area contributed by atoms with Crippen LogP contribution in [-0.4, -0.2) is 19.5 Å². The van der Waals surface area contributed by atoms with E-state index in [1.807, 2.05) is 24.3 Å². The summed E-state index contributed by atoms with van der Waals surface area (Å²) >= 11 is 0. The van der Waals surface area contributed by atoms with Gasteiger partial charge in [0.1, 0.15) is 0 Å². The van der Waals surface area contributed by atoms with Crippen molar-refractivity contribution >= 4 is 23.8 Å². The lowest BCUT2D eigenvalue weighted by Crippen LogP contribution is -2.07. The molecule has 0 fully saturated rings. The summed E-state index contributed by atoms with van der Waals surface area (Å²) in [5.74, 6) is -0.187. The Morgan fingerprint density at radius 2 is 1.69 bits per heavy atom. The number of benzene rings is 2. The highest BCUT2D eigenvalue weighted by molar-refractivity contribution is 5.88. The molecule has 1 atom stereocenters. The molecule has 0 spiro atoms. The van der Waals surface area contributed by atoms with Gasteiger partial charge in [0.2, 0.25) is 0 Å². The predicted octanol–water partition coefficient (Wildman–Crippen LogP) is 4.83. The van der Waals surface area contributed by atoms with Gasteiger partial charge in [0.05, 0.1) is 0 Å². The topological polar surface area (TPSA) is 74.3 Å². The molecule has 0 bridgehead atoms. The molecule has 4 nitrogen and oxygen atoms in total. The summed E-state index contributed by atoms with van der Waals surface area (Å²) in [6.45, 7) is 4.35. The van der Waals surface area contributed by atoms with Crippen molar-refractivity contribution in [3.05, 3.63) is 70.9 Å². The maximum Gasteiger partial charge on any atom is 0.0465 e. The zero-order chi connectivity index (χ0) is 18.9. The first-order chi connectivity index (χ1) is 12.6. The Bertz CT molecular complexity index is 766. The molecular formula is C22H28N4. The van der Waals surface area contributed by atoms with Crippen LogP contribution in [0.2, 0.25) is 0 Å². The van der Waals surface area contributed by atoms with Crippen LogP contribution in [0.3, 0.4) is 0 Å². The number of hydrogen-bond acceptors (Lipinski definition) is 4. The molecule has 0 saturated carbocycles. The molecule has 1 unspecified atom stereocenters. The van der Waals surface area contributed by atoms with Crippen LogP contribution in [0.1, 0.15) is 36.5 Å². The van der Waals surface area contributed by atoms with E-state index >= 15 is 0 Å². The van der Waals surface area contributed by atoms with E-state index < -0.39 is 0 Å². The average molecular weight is 348 g/mol. The van der Waals surface area contributed by atoms with Gasteiger partial charge < -0.3 is 16.5 Å². The summed E-state index contributed by atoms with van der Waals surface area (Å²) in [6, 6.07) is 14.8. The Balaban J connectivity index is 2.23. The molecule has 2 aromatic carbocycles. The van der Waals surface area contributed by atoms with Crippen molar-refractivity contribution in [2.45, 2.75) is 32.6 Å². The molecule has 0 saturated heterocycles. The fourth-order valence-corrected chi connectivity index (χ4v) is 2.94. The third-order valence-electron chi connectivity index (χ3n) is 4.42. The normalized spacial score (nSPS) is 13.0. The lowest BCUT2D eigenvalue weighted by molar-refractivity contribution is 1.09. The second-order valence-corrected chi connectivity index (χ2v) is 6.19. The van der Waals surface area contributed by atoms with Gasteiger partial charge in [0.15, 0.2) is 0 Å². The molecule has 0 aliphatic carbocycles. The van der Waals surface area contributed by atoms with Gasteiger partial charge in [0.25, 0.3) is 0 Å². The average Bonchev–Trinajstić information content (AvgIpc) is 2.68. The molecule has 4 heteroatoms. The largest absolute Gasteiger partial charge is 0.404 e. The fourth-order valence-electron chi connectivity index (χ4n) is 2.94. The van der Waals surface area contributed by atoms with Crippen molar-refractivity contribution in [3.8, 4) is 0 Å². The third kappa shape index (κ3) is 4.82. The molecule has 0 aromatic heterocycles. The van der Waals surface area contributed by atoms with Crippen molar-refractivity contribution in [1.29, 1.82) is 5.41 Å². The van der Waals surface area contributed by atoms with Crippen molar-refractivity contribution in [1.82, 2.24) is 0 Å². The number of nitrogens with one attached hydrogen (secondary N) is 2. The lowest BCUT2D eigenvalue weighted by atomic mass is 9.93. The smallest absolute Gasteiger partial charge is 0.0465 e. The molecule has 0 radical (unpaired) electrons. The van der Waals surface area contributed by atoms with Gasteiger partial charge in [-0.3, -0.25) is 4.99 Å². The van der Waals surface area contributed by atoms with Crippen molar-refractivity contribution in [2.24, 2.45) is 10.7 Å². The van der Waals surface area contributed by atoms with Gasteiger partial charge in [-0.1, -0.05) is 32.0 Å². The molecule has 0 aliphatic heterocycles. The minimum Gasteiger partial charge on any atom is -0.404 e. The van der Waals surface area contributed by atoms with Gasteiger partial charge in [-0.2, -0.15) is 0 Å². The minimum absolute atomic E-state index is 0.187. The predicted molar refractivity (Wildman–Crippen MR) is 113 cm³/mol. The Hall–Kier alpha value is -2.88. The highest BCUT2D eigenvalue weighted by Gasteiger charge is 2.12.